The molecule has 2 N–H and O–H groups in total. The highest BCUT2D eigenvalue weighted by Crippen LogP contribution is 2.38. The van der Waals surface area contributed by atoms with Crippen LogP contribution in [0, 0.1) is 0 Å². The third kappa shape index (κ3) is 2.75. The number of hydrogen-bond acceptors (Lipinski definition) is 3. The van der Waals surface area contributed by atoms with Crippen molar-refractivity contribution in [3.05, 3.63) is 29.6 Å². The molecular formula is C17H28N2O. The first kappa shape index (κ1) is 15.5. The SMILES string of the molecule is CCOC(CC)(CC)C(N)C1CCCc2cccnc21. The van der Waals surface area contributed by atoms with Crippen LogP contribution >= 0.6 is 0 Å². The number of aromatic nitrogens is 1. The Morgan fingerprint density at radius 2 is 2.15 bits per heavy atom. The standard InChI is InChI=1S/C17H28N2O/c1-4-17(5-2,20-6-3)16(18)14-11-7-9-13-10-8-12-19-15(13)14/h8,10,12,14,16H,4-7,9,11,18H2,1-3H3. The monoisotopic (exact) mass is 276 g/mol. The van der Waals surface area contributed by atoms with Crippen LogP contribution in [0.2, 0.25) is 0 Å². The van der Waals surface area contributed by atoms with E-state index in [2.05, 4.69) is 31.8 Å². The third-order valence-corrected chi connectivity index (χ3v) is 4.91. The Morgan fingerprint density at radius 3 is 2.80 bits per heavy atom. The van der Waals surface area contributed by atoms with E-state index in [1.165, 1.54) is 17.7 Å². The molecule has 0 radical (unpaired) electrons. The summed E-state index contributed by atoms with van der Waals surface area (Å²) in [6.45, 7) is 7.14. The summed E-state index contributed by atoms with van der Waals surface area (Å²) in [4.78, 5) is 4.63. The third-order valence-electron chi connectivity index (χ3n) is 4.91. The minimum absolute atomic E-state index is 0.0198. The summed E-state index contributed by atoms with van der Waals surface area (Å²) in [7, 11) is 0. The highest BCUT2D eigenvalue weighted by molar-refractivity contribution is 5.28. The van der Waals surface area contributed by atoms with Crippen LogP contribution in [0.5, 0.6) is 0 Å². The van der Waals surface area contributed by atoms with Gasteiger partial charge in [-0.2, -0.15) is 0 Å². The molecule has 2 atom stereocenters. The molecule has 3 nitrogen and oxygen atoms in total. The van der Waals surface area contributed by atoms with Crippen molar-refractivity contribution < 1.29 is 4.74 Å². The number of hydrogen-bond donors (Lipinski definition) is 1. The average Bonchev–Trinajstić information content (AvgIpc) is 2.51. The molecule has 20 heavy (non-hydrogen) atoms. The topological polar surface area (TPSA) is 48.1 Å². The summed E-state index contributed by atoms with van der Waals surface area (Å²) in [6, 6.07) is 4.25. The van der Waals surface area contributed by atoms with E-state index < -0.39 is 0 Å². The Bertz CT molecular complexity index is 429. The normalized spacial score (nSPS) is 20.5. The summed E-state index contributed by atoms with van der Waals surface area (Å²) in [5.41, 5.74) is 9.05. The van der Waals surface area contributed by atoms with Crippen LogP contribution in [0.3, 0.4) is 0 Å². The van der Waals surface area contributed by atoms with Gasteiger partial charge in [0.05, 0.1) is 5.60 Å². The molecule has 0 fully saturated rings. The summed E-state index contributed by atoms with van der Waals surface area (Å²) < 4.78 is 6.11. The molecule has 0 saturated heterocycles. The molecule has 0 saturated carbocycles. The average molecular weight is 276 g/mol. The van der Waals surface area contributed by atoms with Crippen LogP contribution in [0.1, 0.15) is 63.6 Å². The number of aryl methyl sites for hydroxylation is 1. The fraction of sp³-hybridized carbons (Fsp3) is 0.706. The Morgan fingerprint density at radius 1 is 1.40 bits per heavy atom. The summed E-state index contributed by atoms with van der Waals surface area (Å²) in [5.74, 6) is 0.325. The second kappa shape index (κ2) is 6.68. The van der Waals surface area contributed by atoms with Crippen LogP contribution in [0.4, 0.5) is 0 Å². The van der Waals surface area contributed by atoms with Crippen molar-refractivity contribution in [3.8, 4) is 0 Å². The first-order valence-corrected chi connectivity index (χ1v) is 8.01. The Balaban J connectivity index is 2.31. The number of pyridine rings is 1. The second-order valence-corrected chi connectivity index (χ2v) is 5.78. The van der Waals surface area contributed by atoms with Gasteiger partial charge in [-0.1, -0.05) is 19.9 Å². The van der Waals surface area contributed by atoms with Crippen molar-refractivity contribution >= 4 is 0 Å². The first-order chi connectivity index (χ1) is 9.68. The molecule has 0 aliphatic heterocycles. The van der Waals surface area contributed by atoms with E-state index in [9.17, 15) is 0 Å². The number of ether oxygens (including phenoxy) is 1. The maximum atomic E-state index is 6.68. The van der Waals surface area contributed by atoms with E-state index in [1.54, 1.807) is 0 Å². The van der Waals surface area contributed by atoms with Gasteiger partial charge in [0.2, 0.25) is 0 Å². The highest BCUT2D eigenvalue weighted by Gasteiger charge is 2.41. The lowest BCUT2D eigenvalue weighted by molar-refractivity contribution is -0.0703. The summed E-state index contributed by atoms with van der Waals surface area (Å²) in [5, 5.41) is 0. The quantitative estimate of drug-likeness (QED) is 0.866. The molecule has 1 heterocycles. The predicted molar refractivity (Wildman–Crippen MR) is 82.8 cm³/mol. The fourth-order valence-corrected chi connectivity index (χ4v) is 3.67. The molecule has 0 amide bonds. The van der Waals surface area contributed by atoms with E-state index in [0.717, 1.165) is 32.3 Å². The molecule has 1 aromatic heterocycles. The lowest BCUT2D eigenvalue weighted by atomic mass is 9.74. The second-order valence-electron chi connectivity index (χ2n) is 5.78. The van der Waals surface area contributed by atoms with Crippen molar-refractivity contribution in [2.24, 2.45) is 5.73 Å². The lowest BCUT2D eigenvalue weighted by Gasteiger charge is -2.42. The van der Waals surface area contributed by atoms with Crippen molar-refractivity contribution in [2.45, 2.75) is 70.4 Å². The van der Waals surface area contributed by atoms with Gasteiger partial charge in [-0.3, -0.25) is 4.98 Å². The number of rotatable bonds is 6. The molecule has 2 rings (SSSR count). The molecule has 1 aliphatic carbocycles. The van der Waals surface area contributed by atoms with Crippen molar-refractivity contribution in [2.75, 3.05) is 6.61 Å². The Kier molecular flexibility index (Phi) is 5.17. The number of nitrogens with zero attached hydrogens (tertiary/aromatic N) is 1. The zero-order valence-corrected chi connectivity index (χ0v) is 13.1. The van der Waals surface area contributed by atoms with Crippen LogP contribution in [-0.4, -0.2) is 23.2 Å². The minimum Gasteiger partial charge on any atom is -0.374 e. The van der Waals surface area contributed by atoms with Gasteiger partial charge >= 0.3 is 0 Å². The first-order valence-electron chi connectivity index (χ1n) is 8.01. The Hall–Kier alpha value is -0.930. The van der Waals surface area contributed by atoms with E-state index in [4.69, 9.17) is 10.5 Å². The number of fused-ring (bicyclic) bond motifs is 1. The van der Waals surface area contributed by atoms with Crippen molar-refractivity contribution in [3.63, 3.8) is 0 Å². The molecule has 1 aliphatic rings. The number of nitrogens with two attached hydrogens (primary N) is 1. The molecule has 3 heteroatoms. The van der Waals surface area contributed by atoms with Crippen LogP contribution in [-0.2, 0) is 11.2 Å². The van der Waals surface area contributed by atoms with Crippen LogP contribution in [0.15, 0.2) is 18.3 Å². The Labute approximate surface area is 122 Å². The zero-order chi connectivity index (χ0) is 14.6. The van der Waals surface area contributed by atoms with Gasteiger partial charge in [-0.15, -0.1) is 0 Å². The molecule has 2 unspecified atom stereocenters. The van der Waals surface area contributed by atoms with Gasteiger partial charge in [0.25, 0.3) is 0 Å². The molecule has 1 aromatic rings. The van der Waals surface area contributed by atoms with Gasteiger partial charge < -0.3 is 10.5 Å². The maximum Gasteiger partial charge on any atom is 0.0833 e. The van der Waals surface area contributed by atoms with Crippen LogP contribution in [0.25, 0.3) is 0 Å². The van der Waals surface area contributed by atoms with Gasteiger partial charge in [0.1, 0.15) is 0 Å². The van der Waals surface area contributed by atoms with Gasteiger partial charge in [-0.25, -0.2) is 0 Å². The molecule has 0 aromatic carbocycles. The van der Waals surface area contributed by atoms with Crippen LogP contribution < -0.4 is 5.73 Å². The van der Waals surface area contributed by atoms with Gasteiger partial charge in [0.15, 0.2) is 0 Å². The van der Waals surface area contributed by atoms with Gasteiger partial charge in [-0.05, 0) is 50.7 Å². The van der Waals surface area contributed by atoms with E-state index in [-0.39, 0.29) is 11.6 Å². The van der Waals surface area contributed by atoms with Crippen molar-refractivity contribution in [1.29, 1.82) is 0 Å². The highest BCUT2D eigenvalue weighted by atomic mass is 16.5. The smallest absolute Gasteiger partial charge is 0.0833 e. The van der Waals surface area contributed by atoms with E-state index >= 15 is 0 Å². The summed E-state index contributed by atoms with van der Waals surface area (Å²) in [6.07, 6.45) is 7.26. The minimum atomic E-state index is -0.217. The van der Waals surface area contributed by atoms with Crippen molar-refractivity contribution in [1.82, 2.24) is 4.98 Å². The largest absolute Gasteiger partial charge is 0.374 e. The van der Waals surface area contributed by atoms with E-state index in [0.29, 0.717) is 5.92 Å². The summed E-state index contributed by atoms with van der Waals surface area (Å²) >= 11 is 0. The maximum absolute atomic E-state index is 6.68. The fourth-order valence-electron chi connectivity index (χ4n) is 3.67. The lowest BCUT2D eigenvalue weighted by Crippen LogP contribution is -2.53. The zero-order valence-electron chi connectivity index (χ0n) is 13.1. The predicted octanol–water partition coefficient (Wildman–Crippen LogP) is 3.42. The van der Waals surface area contributed by atoms with E-state index in [1.807, 2.05) is 12.3 Å². The molecular weight excluding hydrogens is 248 g/mol. The molecule has 0 spiro atoms. The van der Waals surface area contributed by atoms with Gasteiger partial charge in [0, 0.05) is 30.5 Å². The molecule has 112 valence electrons. The molecule has 0 bridgehead atoms.